The second kappa shape index (κ2) is 5.56. The number of nitrogens with one attached hydrogen (secondary N) is 1. The first-order chi connectivity index (χ1) is 8.16. The van der Waals surface area contributed by atoms with Crippen molar-refractivity contribution in [2.24, 2.45) is 0 Å². The summed E-state index contributed by atoms with van der Waals surface area (Å²) in [6.45, 7) is 2.71. The summed E-state index contributed by atoms with van der Waals surface area (Å²) in [5.74, 6) is -1.55. The summed E-state index contributed by atoms with van der Waals surface area (Å²) in [7, 11) is 2.03. The lowest BCUT2D eigenvalue weighted by Gasteiger charge is -2.31. The molecule has 0 bridgehead atoms. The fourth-order valence-corrected chi connectivity index (χ4v) is 2.26. The Bertz CT molecular complexity index is 376. The smallest absolute Gasteiger partial charge is 0.159 e. The molecule has 17 heavy (non-hydrogen) atoms. The average Bonchev–Trinajstić information content (AvgIpc) is 2.35. The second-order valence-corrected chi connectivity index (χ2v) is 4.66. The average molecular weight is 240 g/mol. The van der Waals surface area contributed by atoms with Crippen LogP contribution in [0.25, 0.3) is 0 Å². The van der Waals surface area contributed by atoms with Crippen LogP contribution in [0.1, 0.15) is 18.4 Å². The van der Waals surface area contributed by atoms with E-state index in [4.69, 9.17) is 0 Å². The van der Waals surface area contributed by atoms with Gasteiger partial charge in [0.15, 0.2) is 11.6 Å². The second-order valence-electron chi connectivity index (χ2n) is 4.66. The molecule has 4 heteroatoms. The maximum atomic E-state index is 13.1. The van der Waals surface area contributed by atoms with E-state index in [-0.39, 0.29) is 0 Å². The number of hydrogen-bond acceptors (Lipinski definition) is 2. The van der Waals surface area contributed by atoms with Crippen LogP contribution in [0, 0.1) is 11.6 Å². The van der Waals surface area contributed by atoms with Gasteiger partial charge in [0.05, 0.1) is 0 Å². The molecule has 0 aliphatic carbocycles. The monoisotopic (exact) mass is 240 g/mol. The first-order valence-corrected chi connectivity index (χ1v) is 6.01. The predicted molar refractivity (Wildman–Crippen MR) is 63.7 cm³/mol. The van der Waals surface area contributed by atoms with Crippen molar-refractivity contribution >= 4 is 0 Å². The zero-order valence-corrected chi connectivity index (χ0v) is 10.0. The van der Waals surface area contributed by atoms with Gasteiger partial charge in [-0.05, 0) is 44.1 Å². The third-order valence-electron chi connectivity index (χ3n) is 3.31. The van der Waals surface area contributed by atoms with Crippen molar-refractivity contribution in [3.05, 3.63) is 35.4 Å². The molecule has 1 saturated heterocycles. The Morgan fingerprint density at radius 1 is 1.35 bits per heavy atom. The number of nitrogens with zero attached hydrogens (tertiary/aromatic N) is 1. The molecule has 0 spiro atoms. The third kappa shape index (κ3) is 3.23. The van der Waals surface area contributed by atoms with Gasteiger partial charge in [-0.3, -0.25) is 4.90 Å². The first-order valence-electron chi connectivity index (χ1n) is 6.01. The van der Waals surface area contributed by atoms with Crippen molar-refractivity contribution in [2.75, 3.05) is 20.1 Å². The number of benzene rings is 1. The highest BCUT2D eigenvalue weighted by molar-refractivity contribution is 5.17. The third-order valence-corrected chi connectivity index (χ3v) is 3.31. The van der Waals surface area contributed by atoms with Crippen molar-refractivity contribution in [2.45, 2.75) is 25.4 Å². The Morgan fingerprint density at radius 3 is 2.82 bits per heavy atom. The standard InChI is InChI=1S/C13H18F2N2/c1-17(11-3-2-6-16-8-11)9-10-4-5-12(14)13(15)7-10/h4-5,7,11,16H,2-3,6,8-9H2,1H3. The molecule has 1 heterocycles. The summed E-state index contributed by atoms with van der Waals surface area (Å²) < 4.78 is 25.9. The summed E-state index contributed by atoms with van der Waals surface area (Å²) in [5, 5.41) is 3.35. The molecule has 2 nitrogen and oxygen atoms in total. The quantitative estimate of drug-likeness (QED) is 0.871. The molecular formula is C13H18F2N2. The molecule has 1 aromatic rings. The van der Waals surface area contributed by atoms with Gasteiger partial charge in [0.25, 0.3) is 0 Å². The molecule has 1 aliphatic heterocycles. The van der Waals surface area contributed by atoms with Crippen LogP contribution in [-0.2, 0) is 6.54 Å². The molecule has 0 saturated carbocycles. The summed E-state index contributed by atoms with van der Waals surface area (Å²) in [6, 6.07) is 4.60. The highest BCUT2D eigenvalue weighted by Crippen LogP contribution is 2.14. The van der Waals surface area contributed by atoms with Crippen LogP contribution in [-0.4, -0.2) is 31.1 Å². The minimum Gasteiger partial charge on any atom is -0.315 e. The number of rotatable bonds is 3. The highest BCUT2D eigenvalue weighted by Gasteiger charge is 2.17. The van der Waals surface area contributed by atoms with E-state index in [1.165, 1.54) is 18.6 Å². The molecule has 1 atom stereocenters. The molecule has 1 aromatic carbocycles. The van der Waals surface area contributed by atoms with Gasteiger partial charge in [-0.15, -0.1) is 0 Å². The summed E-state index contributed by atoms with van der Waals surface area (Å²) in [6.07, 6.45) is 2.33. The van der Waals surface area contributed by atoms with Gasteiger partial charge in [-0.25, -0.2) is 8.78 Å². The molecule has 0 radical (unpaired) electrons. The zero-order chi connectivity index (χ0) is 12.3. The Hall–Kier alpha value is -1.00. The predicted octanol–water partition coefficient (Wildman–Crippen LogP) is 2.15. The van der Waals surface area contributed by atoms with Gasteiger partial charge in [-0.2, -0.15) is 0 Å². The van der Waals surface area contributed by atoms with E-state index >= 15 is 0 Å². The lowest BCUT2D eigenvalue weighted by atomic mass is 10.1. The van der Waals surface area contributed by atoms with E-state index in [2.05, 4.69) is 10.2 Å². The van der Waals surface area contributed by atoms with E-state index < -0.39 is 11.6 Å². The van der Waals surface area contributed by atoms with Gasteiger partial charge >= 0.3 is 0 Å². The van der Waals surface area contributed by atoms with Gasteiger partial charge in [0, 0.05) is 19.1 Å². The molecular weight excluding hydrogens is 222 g/mol. The Balaban J connectivity index is 1.96. The van der Waals surface area contributed by atoms with E-state index in [0.717, 1.165) is 25.1 Å². The van der Waals surface area contributed by atoms with Crippen LogP contribution in [0.4, 0.5) is 8.78 Å². The van der Waals surface area contributed by atoms with Crippen molar-refractivity contribution in [1.29, 1.82) is 0 Å². The Labute approximate surface area is 101 Å². The minimum atomic E-state index is -0.782. The molecule has 1 N–H and O–H groups in total. The topological polar surface area (TPSA) is 15.3 Å². The van der Waals surface area contributed by atoms with Crippen LogP contribution in [0.2, 0.25) is 0 Å². The fraction of sp³-hybridized carbons (Fsp3) is 0.538. The fourth-order valence-electron chi connectivity index (χ4n) is 2.26. The van der Waals surface area contributed by atoms with Crippen LogP contribution in [0.5, 0.6) is 0 Å². The van der Waals surface area contributed by atoms with Gasteiger partial charge < -0.3 is 5.32 Å². The largest absolute Gasteiger partial charge is 0.315 e. The lowest BCUT2D eigenvalue weighted by molar-refractivity contribution is 0.195. The maximum absolute atomic E-state index is 13.1. The van der Waals surface area contributed by atoms with Crippen LogP contribution >= 0.6 is 0 Å². The first kappa shape index (κ1) is 12.5. The van der Waals surface area contributed by atoms with Crippen LogP contribution < -0.4 is 5.32 Å². The van der Waals surface area contributed by atoms with E-state index in [1.807, 2.05) is 7.05 Å². The Morgan fingerprint density at radius 2 is 2.18 bits per heavy atom. The van der Waals surface area contributed by atoms with E-state index in [0.29, 0.717) is 12.6 Å². The molecule has 1 fully saturated rings. The van der Waals surface area contributed by atoms with Crippen molar-refractivity contribution in [3.8, 4) is 0 Å². The summed E-state index contributed by atoms with van der Waals surface area (Å²) in [4.78, 5) is 2.19. The number of halogens is 2. The normalized spacial score (nSPS) is 20.8. The van der Waals surface area contributed by atoms with Crippen molar-refractivity contribution < 1.29 is 8.78 Å². The van der Waals surface area contributed by atoms with Gasteiger partial charge in [0.2, 0.25) is 0 Å². The molecule has 94 valence electrons. The number of hydrogen-bond donors (Lipinski definition) is 1. The molecule has 1 unspecified atom stereocenters. The van der Waals surface area contributed by atoms with Gasteiger partial charge in [-0.1, -0.05) is 6.07 Å². The summed E-state index contributed by atoms with van der Waals surface area (Å²) >= 11 is 0. The Kier molecular flexibility index (Phi) is 4.07. The molecule has 0 aromatic heterocycles. The molecule has 0 amide bonds. The highest BCUT2D eigenvalue weighted by atomic mass is 19.2. The lowest BCUT2D eigenvalue weighted by Crippen LogP contribution is -2.43. The zero-order valence-electron chi connectivity index (χ0n) is 10.0. The van der Waals surface area contributed by atoms with Crippen molar-refractivity contribution in [3.63, 3.8) is 0 Å². The number of piperidine rings is 1. The number of likely N-dealkylation sites (N-methyl/N-ethyl adjacent to an activating group) is 1. The maximum Gasteiger partial charge on any atom is 0.159 e. The molecule has 2 rings (SSSR count). The van der Waals surface area contributed by atoms with Gasteiger partial charge in [0.1, 0.15) is 0 Å². The summed E-state index contributed by atoms with van der Waals surface area (Å²) in [5.41, 5.74) is 0.817. The SMILES string of the molecule is CN(Cc1ccc(F)c(F)c1)C1CCCNC1. The van der Waals surface area contributed by atoms with Crippen LogP contribution in [0.3, 0.4) is 0 Å². The van der Waals surface area contributed by atoms with E-state index in [9.17, 15) is 8.78 Å². The minimum absolute atomic E-state index is 0.483. The molecule has 1 aliphatic rings. The van der Waals surface area contributed by atoms with Crippen molar-refractivity contribution in [1.82, 2.24) is 10.2 Å². The van der Waals surface area contributed by atoms with Crippen LogP contribution in [0.15, 0.2) is 18.2 Å². The van der Waals surface area contributed by atoms with E-state index in [1.54, 1.807) is 6.07 Å².